The number of nitrogens with zero attached hydrogens (tertiary/aromatic N) is 1. The molecule has 2 amide bonds. The van der Waals surface area contributed by atoms with Gasteiger partial charge in [0.2, 0.25) is 5.91 Å². The van der Waals surface area contributed by atoms with E-state index in [0.29, 0.717) is 23.8 Å². The Morgan fingerprint density at radius 1 is 1.09 bits per heavy atom. The Morgan fingerprint density at radius 3 is 2.62 bits per heavy atom. The molecule has 2 aromatic carbocycles. The van der Waals surface area contributed by atoms with Crippen molar-refractivity contribution in [1.82, 2.24) is 10.2 Å². The smallest absolute Gasteiger partial charge is 0.287 e. The van der Waals surface area contributed by atoms with E-state index in [1.165, 1.54) is 5.56 Å². The number of hydrogen-bond donors (Lipinski definition) is 1. The van der Waals surface area contributed by atoms with Gasteiger partial charge < -0.3 is 19.4 Å². The lowest BCUT2D eigenvalue weighted by Gasteiger charge is -2.39. The minimum absolute atomic E-state index is 0.0718. The minimum atomic E-state index is -0.178. The summed E-state index contributed by atoms with van der Waals surface area (Å²) in [5, 5.41) is 2.93. The topological polar surface area (TPSA) is 71.8 Å². The van der Waals surface area contributed by atoms with Gasteiger partial charge in [0.25, 0.3) is 5.91 Å². The molecule has 1 N–H and O–H groups in total. The van der Waals surface area contributed by atoms with Crippen molar-refractivity contribution >= 4 is 11.8 Å². The van der Waals surface area contributed by atoms with Gasteiger partial charge in [-0.2, -0.15) is 0 Å². The highest BCUT2D eigenvalue weighted by molar-refractivity contribution is 5.91. The van der Waals surface area contributed by atoms with Gasteiger partial charge in [-0.15, -0.1) is 0 Å². The Bertz CT molecular complexity index is 1180. The van der Waals surface area contributed by atoms with Crippen LogP contribution in [-0.4, -0.2) is 29.3 Å². The maximum atomic E-state index is 13.1. The van der Waals surface area contributed by atoms with Gasteiger partial charge in [-0.25, -0.2) is 0 Å². The van der Waals surface area contributed by atoms with Crippen molar-refractivity contribution in [2.75, 3.05) is 6.54 Å². The summed E-state index contributed by atoms with van der Waals surface area (Å²) in [4.78, 5) is 27.2. The first-order valence-electron chi connectivity index (χ1n) is 12.0. The fourth-order valence-corrected chi connectivity index (χ4v) is 4.46. The number of rotatable bonds is 7. The normalized spacial score (nSPS) is 17.4. The second kappa shape index (κ2) is 9.37. The third kappa shape index (κ3) is 4.72. The largest absolute Gasteiger partial charge is 0.486 e. The third-order valence-corrected chi connectivity index (χ3v) is 6.42. The second-order valence-corrected chi connectivity index (χ2v) is 9.41. The predicted molar refractivity (Wildman–Crippen MR) is 129 cm³/mol. The van der Waals surface area contributed by atoms with E-state index in [0.717, 1.165) is 30.4 Å². The first-order valence-corrected chi connectivity index (χ1v) is 12.0. The molecular formula is C28H30N2O4. The van der Waals surface area contributed by atoms with Crippen molar-refractivity contribution in [3.8, 4) is 5.75 Å². The average molecular weight is 459 g/mol. The Kier molecular flexibility index (Phi) is 6.14. The molecule has 3 aromatic rings. The number of carbonyl (C=O) groups excluding carboxylic acids is 2. The maximum absolute atomic E-state index is 13.1. The van der Waals surface area contributed by atoms with E-state index in [4.69, 9.17) is 9.15 Å². The molecule has 0 radical (unpaired) electrons. The van der Waals surface area contributed by atoms with Crippen molar-refractivity contribution in [2.45, 2.75) is 51.8 Å². The van der Waals surface area contributed by atoms with Crippen LogP contribution in [0, 0.1) is 5.92 Å². The molecule has 0 spiro atoms. The van der Waals surface area contributed by atoms with Gasteiger partial charge in [-0.1, -0.05) is 50.2 Å². The van der Waals surface area contributed by atoms with Crippen molar-refractivity contribution in [2.24, 2.45) is 5.92 Å². The molecule has 2 aliphatic rings. The standard InChI is InChI=1S/C28H30N2O4/c1-18(2)28(32)30-15-14-19-8-11-22(16-24(19)26(30)20-6-4-3-5-7-20)33-17-23-12-13-25(34-23)27(31)29-21-9-10-21/h3-8,11-13,16,18,21,26H,9-10,14-15,17H2,1-2H3,(H,29,31)/t26-/m0/s1. The van der Waals surface area contributed by atoms with Crippen LogP contribution in [0.15, 0.2) is 65.1 Å². The summed E-state index contributed by atoms with van der Waals surface area (Å²) in [6.07, 6.45) is 2.88. The molecule has 0 saturated heterocycles. The molecule has 34 heavy (non-hydrogen) atoms. The first kappa shape index (κ1) is 22.3. The van der Waals surface area contributed by atoms with Crippen LogP contribution in [0.5, 0.6) is 5.75 Å². The number of furan rings is 1. The number of fused-ring (bicyclic) bond motifs is 1. The molecule has 1 atom stereocenters. The van der Waals surface area contributed by atoms with E-state index >= 15 is 0 Å². The summed E-state index contributed by atoms with van der Waals surface area (Å²) in [5.74, 6) is 1.51. The van der Waals surface area contributed by atoms with Gasteiger partial charge in [0.15, 0.2) is 5.76 Å². The summed E-state index contributed by atoms with van der Waals surface area (Å²) in [7, 11) is 0. The molecule has 1 fully saturated rings. The van der Waals surface area contributed by atoms with Gasteiger partial charge in [-0.3, -0.25) is 9.59 Å². The zero-order valence-corrected chi connectivity index (χ0v) is 19.6. The minimum Gasteiger partial charge on any atom is -0.486 e. The molecule has 176 valence electrons. The Balaban J connectivity index is 1.36. The zero-order chi connectivity index (χ0) is 23.7. The van der Waals surface area contributed by atoms with Crippen molar-refractivity contribution < 1.29 is 18.7 Å². The third-order valence-electron chi connectivity index (χ3n) is 6.42. The van der Waals surface area contributed by atoms with Crippen molar-refractivity contribution in [3.63, 3.8) is 0 Å². The first-order chi connectivity index (χ1) is 16.5. The van der Waals surface area contributed by atoms with Crippen LogP contribution >= 0.6 is 0 Å². The van der Waals surface area contributed by atoms with Crippen molar-refractivity contribution in [3.05, 3.63) is 88.9 Å². The van der Waals surface area contributed by atoms with Crippen LogP contribution in [0.2, 0.25) is 0 Å². The lowest BCUT2D eigenvalue weighted by atomic mass is 9.87. The van der Waals surface area contributed by atoms with E-state index in [9.17, 15) is 9.59 Å². The Hall–Kier alpha value is -3.54. The lowest BCUT2D eigenvalue weighted by molar-refractivity contribution is -0.136. The number of benzene rings is 2. The number of ether oxygens (including phenoxy) is 1. The molecule has 1 saturated carbocycles. The Morgan fingerprint density at radius 2 is 1.88 bits per heavy atom. The van der Waals surface area contributed by atoms with Gasteiger partial charge in [0, 0.05) is 18.5 Å². The molecule has 5 rings (SSSR count). The molecule has 2 heterocycles. The van der Waals surface area contributed by atoms with Crippen molar-refractivity contribution in [1.29, 1.82) is 0 Å². The molecular weight excluding hydrogens is 428 g/mol. The highest BCUT2D eigenvalue weighted by Gasteiger charge is 2.33. The monoisotopic (exact) mass is 458 g/mol. The number of amides is 2. The van der Waals surface area contributed by atoms with E-state index < -0.39 is 0 Å². The molecule has 6 heteroatoms. The van der Waals surface area contributed by atoms with Gasteiger partial charge in [-0.05, 0) is 60.2 Å². The molecule has 6 nitrogen and oxygen atoms in total. The fraction of sp³-hybridized carbons (Fsp3) is 0.357. The summed E-state index contributed by atoms with van der Waals surface area (Å²) >= 11 is 0. The van der Waals surface area contributed by atoms with Gasteiger partial charge in [0.05, 0.1) is 6.04 Å². The molecule has 1 aliphatic heterocycles. The second-order valence-electron chi connectivity index (χ2n) is 9.41. The maximum Gasteiger partial charge on any atom is 0.287 e. The molecule has 1 aromatic heterocycles. The van der Waals surface area contributed by atoms with Crippen LogP contribution in [0.1, 0.15) is 65.7 Å². The number of nitrogens with one attached hydrogen (secondary N) is 1. The SMILES string of the molecule is CC(C)C(=O)N1CCc2ccc(OCc3ccc(C(=O)NC4CC4)o3)cc2[C@@H]1c1ccccc1. The van der Waals surface area contributed by atoms with Crippen LogP contribution in [0.3, 0.4) is 0 Å². The van der Waals surface area contributed by atoms with E-state index in [1.807, 2.05) is 49.1 Å². The van der Waals surface area contributed by atoms with Crippen LogP contribution in [0.4, 0.5) is 0 Å². The molecule has 0 unspecified atom stereocenters. The average Bonchev–Trinajstić information content (AvgIpc) is 3.54. The molecule has 0 bridgehead atoms. The van der Waals surface area contributed by atoms with Crippen LogP contribution in [0.25, 0.3) is 0 Å². The summed E-state index contributed by atoms with van der Waals surface area (Å²) in [5.41, 5.74) is 3.41. The highest BCUT2D eigenvalue weighted by atomic mass is 16.5. The van der Waals surface area contributed by atoms with Gasteiger partial charge in [0.1, 0.15) is 18.1 Å². The summed E-state index contributed by atoms with van der Waals surface area (Å²) in [6.45, 7) is 4.81. The fourth-order valence-electron chi connectivity index (χ4n) is 4.46. The van der Waals surface area contributed by atoms with E-state index in [2.05, 4.69) is 23.5 Å². The number of hydrogen-bond acceptors (Lipinski definition) is 4. The van der Waals surface area contributed by atoms with Crippen LogP contribution in [-0.2, 0) is 17.8 Å². The predicted octanol–water partition coefficient (Wildman–Crippen LogP) is 4.88. The Labute approximate surface area is 199 Å². The summed E-state index contributed by atoms with van der Waals surface area (Å²) < 4.78 is 11.7. The van der Waals surface area contributed by atoms with Crippen LogP contribution < -0.4 is 10.1 Å². The quantitative estimate of drug-likeness (QED) is 0.548. The number of carbonyl (C=O) groups is 2. The highest BCUT2D eigenvalue weighted by Crippen LogP contribution is 2.38. The van der Waals surface area contributed by atoms with E-state index in [-0.39, 0.29) is 36.4 Å². The zero-order valence-electron chi connectivity index (χ0n) is 19.6. The molecule has 1 aliphatic carbocycles. The lowest BCUT2D eigenvalue weighted by Crippen LogP contribution is -2.42. The summed E-state index contributed by atoms with van der Waals surface area (Å²) in [6, 6.07) is 19.8. The van der Waals surface area contributed by atoms with Gasteiger partial charge >= 0.3 is 0 Å². The van der Waals surface area contributed by atoms with E-state index in [1.54, 1.807) is 12.1 Å².